The molecule has 0 unspecified atom stereocenters. The van der Waals surface area contributed by atoms with E-state index in [4.69, 9.17) is 0 Å². The van der Waals surface area contributed by atoms with Gasteiger partial charge in [-0.15, -0.1) is 0 Å². The quantitative estimate of drug-likeness (QED) is 0.839. The van der Waals surface area contributed by atoms with E-state index in [0.29, 0.717) is 23.1 Å². The second-order valence-corrected chi connectivity index (χ2v) is 7.02. The summed E-state index contributed by atoms with van der Waals surface area (Å²) in [7, 11) is 2.09. The zero-order chi connectivity index (χ0) is 18.8. The molecule has 0 radical (unpaired) electrons. The maximum Gasteiger partial charge on any atom is 0.276 e. The Morgan fingerprint density at radius 3 is 2.69 bits per heavy atom. The van der Waals surface area contributed by atoms with E-state index in [0.717, 1.165) is 31.5 Å². The third-order valence-electron chi connectivity index (χ3n) is 5.13. The molecule has 2 aromatic rings. The lowest BCUT2D eigenvalue weighted by atomic mass is 10.1. The molecular weight excluding hydrogens is 328 g/mol. The van der Waals surface area contributed by atoms with Crippen LogP contribution in [-0.2, 0) is 6.54 Å². The average molecular weight is 354 g/mol. The zero-order valence-corrected chi connectivity index (χ0v) is 15.5. The summed E-state index contributed by atoms with van der Waals surface area (Å²) < 4.78 is 3.31. The Labute approximate surface area is 152 Å². The highest BCUT2D eigenvalue weighted by Gasteiger charge is 2.23. The average Bonchev–Trinajstić information content (AvgIpc) is 2.94. The van der Waals surface area contributed by atoms with Gasteiger partial charge in [0.05, 0.1) is 23.5 Å². The van der Waals surface area contributed by atoms with Crippen molar-refractivity contribution >= 4 is 10.9 Å². The predicted octanol–water partition coefficient (Wildman–Crippen LogP) is 2.36. The first kappa shape index (κ1) is 18.2. The molecule has 6 heteroatoms. The van der Waals surface area contributed by atoms with Crippen molar-refractivity contribution in [3.63, 3.8) is 0 Å². The van der Waals surface area contributed by atoms with Gasteiger partial charge in [-0.2, -0.15) is 0 Å². The van der Waals surface area contributed by atoms with Gasteiger partial charge in [-0.3, -0.25) is 14.7 Å². The highest BCUT2D eigenvalue weighted by atomic mass is 16.1. The van der Waals surface area contributed by atoms with Crippen LogP contribution < -0.4 is 11.1 Å². The van der Waals surface area contributed by atoms with Gasteiger partial charge in [0.15, 0.2) is 0 Å². The van der Waals surface area contributed by atoms with E-state index < -0.39 is 0 Å². The number of hydrogen-bond donors (Lipinski definition) is 1. The van der Waals surface area contributed by atoms with Crippen LogP contribution in [0.2, 0.25) is 0 Å². The molecule has 0 atom stereocenters. The van der Waals surface area contributed by atoms with Gasteiger partial charge in [0.1, 0.15) is 0 Å². The van der Waals surface area contributed by atoms with Gasteiger partial charge in [-0.1, -0.05) is 31.4 Å². The molecule has 0 aliphatic carbocycles. The first-order valence-corrected chi connectivity index (χ1v) is 8.92. The Bertz CT molecular complexity index is 982. The smallest absolute Gasteiger partial charge is 0.276 e. The van der Waals surface area contributed by atoms with Crippen molar-refractivity contribution in [2.45, 2.75) is 32.4 Å². The lowest BCUT2D eigenvalue weighted by Crippen LogP contribution is -2.35. The molecule has 1 N–H and O–H groups in total. The van der Waals surface area contributed by atoms with Crippen molar-refractivity contribution < 1.29 is 0 Å². The normalized spacial score (nSPS) is 16.5. The van der Waals surface area contributed by atoms with Gasteiger partial charge >= 0.3 is 0 Å². The van der Waals surface area contributed by atoms with Crippen molar-refractivity contribution in [2.75, 3.05) is 20.1 Å². The molecule has 138 valence electrons. The van der Waals surface area contributed by atoms with Crippen molar-refractivity contribution in [3.05, 3.63) is 69.4 Å². The van der Waals surface area contributed by atoms with Crippen LogP contribution in [0, 0.1) is 6.92 Å². The molecule has 1 saturated heterocycles. The lowest BCUT2D eigenvalue weighted by Gasteiger charge is -2.28. The summed E-state index contributed by atoms with van der Waals surface area (Å²) in [6, 6.07) is 1.67. The molecule has 1 fully saturated rings. The summed E-state index contributed by atoms with van der Waals surface area (Å²) in [6.07, 6.45) is 7.11. The third kappa shape index (κ3) is 3.37. The van der Waals surface area contributed by atoms with Crippen LogP contribution in [0.3, 0.4) is 0 Å². The molecule has 3 rings (SSSR count). The summed E-state index contributed by atoms with van der Waals surface area (Å²) in [5.74, 6) is 0. The van der Waals surface area contributed by atoms with Crippen LogP contribution in [0.5, 0.6) is 0 Å². The Balaban J connectivity index is 2.03. The molecule has 0 bridgehead atoms. The van der Waals surface area contributed by atoms with E-state index in [9.17, 15) is 9.59 Å². The number of nitrogens with one attached hydrogen (secondary N) is 1. The standard InChI is InChI=1S/C20H26N4O2/c1-5-6-7-14(2)13-23-15(3)19-17(12-18(23)25)21-24(20(19)26)16-8-10-22(4)11-9-16/h5-7,12,16,21H,1-2,8-11,13H2,3-4H3/b7-6-. The number of aromatic amines is 1. The Hall–Kier alpha value is -2.60. The molecule has 0 saturated carbocycles. The van der Waals surface area contributed by atoms with E-state index in [1.165, 1.54) is 6.07 Å². The predicted molar refractivity (Wildman–Crippen MR) is 106 cm³/mol. The molecule has 0 spiro atoms. The van der Waals surface area contributed by atoms with Crippen molar-refractivity contribution in [3.8, 4) is 0 Å². The highest BCUT2D eigenvalue weighted by molar-refractivity contribution is 5.80. The second-order valence-electron chi connectivity index (χ2n) is 7.02. The van der Waals surface area contributed by atoms with Gasteiger partial charge in [0, 0.05) is 11.8 Å². The molecular formula is C20H26N4O2. The minimum absolute atomic E-state index is 0.0481. The second kappa shape index (κ2) is 7.33. The lowest BCUT2D eigenvalue weighted by molar-refractivity contribution is 0.210. The number of piperidine rings is 1. The Morgan fingerprint density at radius 2 is 2.04 bits per heavy atom. The first-order chi connectivity index (χ1) is 12.4. The van der Waals surface area contributed by atoms with Crippen LogP contribution in [0.1, 0.15) is 24.6 Å². The number of fused-ring (bicyclic) bond motifs is 1. The van der Waals surface area contributed by atoms with E-state index >= 15 is 0 Å². The van der Waals surface area contributed by atoms with Crippen molar-refractivity contribution in [1.82, 2.24) is 19.2 Å². The maximum atomic E-state index is 13.0. The maximum absolute atomic E-state index is 13.0. The topological polar surface area (TPSA) is 63.0 Å². The molecule has 3 heterocycles. The highest BCUT2D eigenvalue weighted by Crippen LogP contribution is 2.21. The van der Waals surface area contributed by atoms with E-state index in [-0.39, 0.29) is 17.2 Å². The van der Waals surface area contributed by atoms with E-state index in [1.807, 2.05) is 13.0 Å². The van der Waals surface area contributed by atoms with Gasteiger partial charge in [-0.05, 0) is 45.5 Å². The molecule has 6 nitrogen and oxygen atoms in total. The molecule has 0 aromatic carbocycles. The monoisotopic (exact) mass is 354 g/mol. The van der Waals surface area contributed by atoms with Gasteiger partial charge < -0.3 is 9.47 Å². The third-order valence-corrected chi connectivity index (χ3v) is 5.13. The van der Waals surface area contributed by atoms with Gasteiger partial charge in [-0.25, -0.2) is 4.68 Å². The minimum atomic E-state index is -0.139. The molecule has 1 aliphatic heterocycles. The zero-order valence-electron chi connectivity index (χ0n) is 15.5. The molecule has 2 aromatic heterocycles. The minimum Gasteiger partial charge on any atom is -0.308 e. The number of aryl methyl sites for hydroxylation is 1. The van der Waals surface area contributed by atoms with Crippen LogP contribution >= 0.6 is 0 Å². The van der Waals surface area contributed by atoms with E-state index in [1.54, 1.807) is 21.4 Å². The van der Waals surface area contributed by atoms with Crippen molar-refractivity contribution in [2.24, 2.45) is 0 Å². The summed E-state index contributed by atoms with van der Waals surface area (Å²) in [5, 5.41) is 3.75. The van der Waals surface area contributed by atoms with Crippen LogP contribution in [0.4, 0.5) is 0 Å². The Kier molecular flexibility index (Phi) is 5.13. The summed E-state index contributed by atoms with van der Waals surface area (Å²) in [4.78, 5) is 27.8. The summed E-state index contributed by atoms with van der Waals surface area (Å²) in [6.45, 7) is 11.7. The fourth-order valence-electron chi connectivity index (χ4n) is 3.59. The Morgan fingerprint density at radius 1 is 1.35 bits per heavy atom. The number of pyridine rings is 1. The van der Waals surface area contributed by atoms with Crippen LogP contribution in [0.25, 0.3) is 10.9 Å². The molecule has 0 amide bonds. The number of H-pyrrole nitrogens is 1. The number of allylic oxidation sites excluding steroid dienone is 4. The van der Waals surface area contributed by atoms with Gasteiger partial charge in [0.25, 0.3) is 11.1 Å². The number of aromatic nitrogens is 3. The van der Waals surface area contributed by atoms with Crippen LogP contribution in [0.15, 0.2) is 52.6 Å². The largest absolute Gasteiger partial charge is 0.308 e. The fraction of sp³-hybridized carbons (Fsp3) is 0.400. The number of hydrogen-bond acceptors (Lipinski definition) is 3. The summed E-state index contributed by atoms with van der Waals surface area (Å²) >= 11 is 0. The number of nitrogens with zero attached hydrogens (tertiary/aromatic N) is 3. The molecule has 26 heavy (non-hydrogen) atoms. The van der Waals surface area contributed by atoms with Crippen molar-refractivity contribution in [1.29, 1.82) is 0 Å². The van der Waals surface area contributed by atoms with Gasteiger partial charge in [0.2, 0.25) is 0 Å². The number of likely N-dealkylation sites (tertiary alicyclic amines) is 1. The fourth-order valence-corrected chi connectivity index (χ4v) is 3.59. The molecule has 1 aliphatic rings. The first-order valence-electron chi connectivity index (χ1n) is 8.92. The number of rotatable bonds is 5. The van der Waals surface area contributed by atoms with Crippen LogP contribution in [-0.4, -0.2) is 39.4 Å². The summed E-state index contributed by atoms with van der Waals surface area (Å²) in [5.41, 5.74) is 1.88. The SMILES string of the molecule is C=C/C=C\C(=C)Cn1c(C)c2c(=O)n(C3CCN(C)CC3)[nH]c2cc1=O. The van der Waals surface area contributed by atoms with E-state index in [2.05, 4.69) is 30.2 Å².